The number of hydrogen-bond acceptors (Lipinski definition) is 2. The van der Waals surface area contributed by atoms with Crippen molar-refractivity contribution in [3.05, 3.63) is 29.6 Å². The first-order valence-corrected chi connectivity index (χ1v) is 7.85. The third-order valence-electron chi connectivity index (χ3n) is 5.79. The number of carboxylic acid groups (broad SMARTS) is 1. The zero-order valence-electron chi connectivity index (χ0n) is 11.7. The molecule has 1 aromatic rings. The van der Waals surface area contributed by atoms with Crippen LogP contribution in [0.25, 0.3) is 0 Å². The smallest absolute Gasteiger partial charge is 0.309 e. The second kappa shape index (κ2) is 4.57. The highest BCUT2D eigenvalue weighted by Crippen LogP contribution is 2.59. The third kappa shape index (κ3) is 2.04. The van der Waals surface area contributed by atoms with Gasteiger partial charge in [-0.25, -0.2) is 0 Å². The Bertz CT molecular complexity index is 494. The Balaban J connectivity index is 1.57. The zero-order valence-corrected chi connectivity index (χ0v) is 11.7. The molecule has 0 unspecified atom stereocenters. The summed E-state index contributed by atoms with van der Waals surface area (Å²) in [5.41, 5.74) is 2.03. The van der Waals surface area contributed by atoms with Crippen LogP contribution in [-0.2, 0) is 11.2 Å². The summed E-state index contributed by atoms with van der Waals surface area (Å²) in [4.78, 5) is 15.1. The molecule has 1 aromatic heterocycles. The SMILES string of the molecule is O=C(O)Cc1ccc(C2C3CC4CC(C3)CC2C4)cn1. The van der Waals surface area contributed by atoms with Crippen molar-refractivity contribution in [2.45, 2.75) is 44.4 Å². The minimum Gasteiger partial charge on any atom is -0.481 e. The summed E-state index contributed by atoms with van der Waals surface area (Å²) in [5.74, 6) is 3.59. The van der Waals surface area contributed by atoms with Crippen molar-refractivity contribution in [1.29, 1.82) is 0 Å². The molecule has 4 bridgehead atoms. The van der Waals surface area contributed by atoms with Gasteiger partial charge >= 0.3 is 5.97 Å². The van der Waals surface area contributed by atoms with Crippen LogP contribution in [0.4, 0.5) is 0 Å². The number of aromatic nitrogens is 1. The predicted molar refractivity (Wildman–Crippen MR) is 75.4 cm³/mol. The number of nitrogens with zero attached hydrogens (tertiary/aromatic N) is 1. The first-order chi connectivity index (χ1) is 9.69. The van der Waals surface area contributed by atoms with Gasteiger partial charge in [-0.3, -0.25) is 9.78 Å². The summed E-state index contributed by atoms with van der Waals surface area (Å²) in [5, 5.41) is 8.81. The van der Waals surface area contributed by atoms with E-state index in [4.69, 9.17) is 5.11 Å². The minimum atomic E-state index is -0.806. The van der Waals surface area contributed by atoms with E-state index in [9.17, 15) is 4.79 Å². The van der Waals surface area contributed by atoms with Crippen LogP contribution in [0.5, 0.6) is 0 Å². The Morgan fingerprint density at radius 1 is 1.10 bits per heavy atom. The van der Waals surface area contributed by atoms with E-state index < -0.39 is 5.97 Å². The van der Waals surface area contributed by atoms with E-state index in [0.29, 0.717) is 11.6 Å². The van der Waals surface area contributed by atoms with E-state index >= 15 is 0 Å². The van der Waals surface area contributed by atoms with Gasteiger partial charge in [-0.2, -0.15) is 0 Å². The van der Waals surface area contributed by atoms with Gasteiger partial charge in [0.15, 0.2) is 0 Å². The molecule has 0 spiro atoms. The molecule has 4 aliphatic rings. The van der Waals surface area contributed by atoms with Gasteiger partial charge in [-0.1, -0.05) is 6.07 Å². The van der Waals surface area contributed by atoms with Gasteiger partial charge in [0.2, 0.25) is 0 Å². The largest absolute Gasteiger partial charge is 0.481 e. The average molecular weight is 271 g/mol. The summed E-state index contributed by atoms with van der Waals surface area (Å²) in [6.07, 6.45) is 9.11. The van der Waals surface area contributed by atoms with Crippen molar-refractivity contribution in [3.63, 3.8) is 0 Å². The van der Waals surface area contributed by atoms with Crippen molar-refractivity contribution in [3.8, 4) is 0 Å². The molecule has 0 radical (unpaired) electrons. The van der Waals surface area contributed by atoms with Gasteiger partial charge in [0.25, 0.3) is 0 Å². The fraction of sp³-hybridized carbons (Fsp3) is 0.647. The van der Waals surface area contributed by atoms with E-state index in [0.717, 1.165) is 23.7 Å². The van der Waals surface area contributed by atoms with Gasteiger partial charge in [0.1, 0.15) is 0 Å². The van der Waals surface area contributed by atoms with Gasteiger partial charge in [0.05, 0.1) is 12.1 Å². The maximum absolute atomic E-state index is 10.7. The minimum absolute atomic E-state index is 0.0297. The number of carboxylic acids is 1. The fourth-order valence-electron chi connectivity index (χ4n) is 5.36. The van der Waals surface area contributed by atoms with Crippen molar-refractivity contribution in [2.75, 3.05) is 0 Å². The Hall–Kier alpha value is -1.38. The first-order valence-electron chi connectivity index (χ1n) is 7.85. The van der Waals surface area contributed by atoms with Crippen LogP contribution in [0.2, 0.25) is 0 Å². The molecule has 4 aliphatic carbocycles. The summed E-state index contributed by atoms with van der Waals surface area (Å²) in [6, 6.07) is 4.05. The topological polar surface area (TPSA) is 50.2 Å². The molecule has 0 aromatic carbocycles. The number of hydrogen-bond donors (Lipinski definition) is 1. The molecule has 0 aliphatic heterocycles. The third-order valence-corrected chi connectivity index (χ3v) is 5.79. The van der Waals surface area contributed by atoms with E-state index in [2.05, 4.69) is 11.1 Å². The molecule has 3 heteroatoms. The fourth-order valence-corrected chi connectivity index (χ4v) is 5.36. The highest BCUT2D eigenvalue weighted by atomic mass is 16.4. The standard InChI is InChI=1S/C17H21NO2/c19-16(20)8-15-2-1-12(9-18-15)17-13-4-10-3-11(6-13)7-14(17)5-10/h1-2,9-11,13-14,17H,3-8H2,(H,19,20). The number of aliphatic carboxylic acids is 1. The molecule has 5 rings (SSSR count). The van der Waals surface area contributed by atoms with E-state index in [1.54, 1.807) is 0 Å². The van der Waals surface area contributed by atoms with E-state index in [1.165, 1.54) is 37.7 Å². The zero-order chi connectivity index (χ0) is 13.7. The molecule has 4 saturated carbocycles. The van der Waals surface area contributed by atoms with Crippen LogP contribution < -0.4 is 0 Å². The summed E-state index contributed by atoms with van der Waals surface area (Å²) in [6.45, 7) is 0. The Morgan fingerprint density at radius 2 is 1.75 bits per heavy atom. The number of rotatable bonds is 3. The van der Waals surface area contributed by atoms with Crippen LogP contribution in [-0.4, -0.2) is 16.1 Å². The Kier molecular flexibility index (Phi) is 2.83. The molecule has 0 saturated heterocycles. The second-order valence-electron chi connectivity index (χ2n) is 7.11. The summed E-state index contributed by atoms with van der Waals surface area (Å²) >= 11 is 0. The van der Waals surface area contributed by atoms with Crippen LogP contribution in [0.15, 0.2) is 18.3 Å². The monoisotopic (exact) mass is 271 g/mol. The second-order valence-corrected chi connectivity index (χ2v) is 7.11. The predicted octanol–water partition coefficient (Wildman–Crippen LogP) is 3.25. The van der Waals surface area contributed by atoms with Crippen LogP contribution >= 0.6 is 0 Å². The normalized spacial score (nSPS) is 38.1. The van der Waals surface area contributed by atoms with Gasteiger partial charge in [-0.15, -0.1) is 0 Å². The summed E-state index contributed by atoms with van der Waals surface area (Å²) < 4.78 is 0. The van der Waals surface area contributed by atoms with Crippen molar-refractivity contribution in [1.82, 2.24) is 4.98 Å². The molecular weight excluding hydrogens is 250 g/mol. The average Bonchev–Trinajstić information content (AvgIpc) is 2.38. The quantitative estimate of drug-likeness (QED) is 0.918. The van der Waals surface area contributed by atoms with Crippen LogP contribution in [0, 0.1) is 23.7 Å². The van der Waals surface area contributed by atoms with Crippen molar-refractivity contribution < 1.29 is 9.90 Å². The van der Waals surface area contributed by atoms with Gasteiger partial charge < -0.3 is 5.11 Å². The molecule has 3 nitrogen and oxygen atoms in total. The van der Waals surface area contributed by atoms with Gasteiger partial charge in [0, 0.05) is 6.20 Å². The van der Waals surface area contributed by atoms with Crippen LogP contribution in [0.3, 0.4) is 0 Å². The van der Waals surface area contributed by atoms with E-state index in [-0.39, 0.29) is 6.42 Å². The molecule has 1 N–H and O–H groups in total. The highest BCUT2D eigenvalue weighted by Gasteiger charge is 2.48. The Morgan fingerprint density at radius 3 is 2.25 bits per heavy atom. The highest BCUT2D eigenvalue weighted by molar-refractivity contribution is 5.69. The van der Waals surface area contributed by atoms with Crippen molar-refractivity contribution >= 4 is 5.97 Å². The maximum Gasteiger partial charge on any atom is 0.309 e. The lowest BCUT2D eigenvalue weighted by Gasteiger charge is -2.54. The van der Waals surface area contributed by atoms with Crippen molar-refractivity contribution in [2.24, 2.45) is 23.7 Å². The lowest BCUT2D eigenvalue weighted by Crippen LogP contribution is -2.43. The molecule has 106 valence electrons. The molecular formula is C17H21NO2. The molecule has 1 heterocycles. The van der Waals surface area contributed by atoms with Crippen LogP contribution in [0.1, 0.15) is 49.3 Å². The van der Waals surface area contributed by atoms with Gasteiger partial charge in [-0.05, 0) is 73.3 Å². The molecule has 20 heavy (non-hydrogen) atoms. The molecule has 4 fully saturated rings. The molecule has 0 amide bonds. The maximum atomic E-state index is 10.7. The number of carbonyl (C=O) groups is 1. The summed E-state index contributed by atoms with van der Waals surface area (Å²) in [7, 11) is 0. The molecule has 0 atom stereocenters. The number of pyridine rings is 1. The Labute approximate surface area is 119 Å². The lowest BCUT2D eigenvalue weighted by atomic mass is 9.51. The lowest BCUT2D eigenvalue weighted by molar-refractivity contribution is -0.136. The van der Waals surface area contributed by atoms with E-state index in [1.807, 2.05) is 12.3 Å². The first kappa shape index (κ1) is 12.4.